The van der Waals surface area contributed by atoms with Gasteiger partial charge in [-0.3, -0.25) is 0 Å². The number of carbonyl (C=O) groups is 2. The molecule has 2 aromatic carbocycles. The van der Waals surface area contributed by atoms with Gasteiger partial charge >= 0.3 is 11.9 Å². The summed E-state index contributed by atoms with van der Waals surface area (Å²) < 4.78 is 14.9. The lowest BCUT2D eigenvalue weighted by molar-refractivity contribution is -0.133. The number of thiophene rings is 1. The zero-order chi connectivity index (χ0) is 24.0. The minimum atomic E-state index is -1.33. The van der Waals surface area contributed by atoms with E-state index >= 15 is 0 Å². The van der Waals surface area contributed by atoms with Crippen molar-refractivity contribution in [2.45, 2.75) is 0 Å². The number of aliphatic carboxylic acids is 2. The van der Waals surface area contributed by atoms with Crippen molar-refractivity contribution in [3.8, 4) is 0 Å². The quantitative estimate of drug-likeness (QED) is 0.487. The second-order valence-corrected chi connectivity index (χ2v) is 9.28. The minimum Gasteiger partial charge on any atom is -0.478 e. The number of fused-ring (bicyclic) bond motifs is 4. The summed E-state index contributed by atoms with van der Waals surface area (Å²) in [5.41, 5.74) is 1.94. The van der Waals surface area contributed by atoms with Crippen molar-refractivity contribution in [2.24, 2.45) is 4.99 Å². The molecule has 0 atom stereocenters. The topological polar surface area (TPSA) is 105 Å². The van der Waals surface area contributed by atoms with Gasteiger partial charge in [0, 0.05) is 48.4 Å². The van der Waals surface area contributed by atoms with Gasteiger partial charge in [0.25, 0.3) is 0 Å². The summed E-state index contributed by atoms with van der Waals surface area (Å²) in [6.45, 7) is 3.15. The smallest absolute Gasteiger partial charge is 0.336 e. The van der Waals surface area contributed by atoms with E-state index in [-0.39, 0.29) is 17.0 Å². The monoisotopic (exact) mass is 480 g/mol. The van der Waals surface area contributed by atoms with Crippen LogP contribution in [0, 0.1) is 5.82 Å². The Kier molecular flexibility index (Phi) is 5.54. The van der Waals surface area contributed by atoms with Crippen LogP contribution in [0.1, 0.15) is 11.1 Å². The molecule has 1 aromatic heterocycles. The first kappa shape index (κ1) is 22.1. The van der Waals surface area contributed by atoms with Crippen LogP contribution in [0.4, 0.5) is 20.8 Å². The van der Waals surface area contributed by atoms with E-state index in [0.717, 1.165) is 46.8 Å². The highest BCUT2D eigenvalue weighted by Crippen LogP contribution is 2.44. The molecule has 0 bridgehead atoms. The number of anilines is 2. The summed E-state index contributed by atoms with van der Waals surface area (Å²) in [4.78, 5) is 32.2. The molecule has 174 valence electrons. The van der Waals surface area contributed by atoms with Crippen molar-refractivity contribution in [2.75, 3.05) is 38.5 Å². The number of aliphatic imine (C=N–C) groups is 1. The van der Waals surface area contributed by atoms with E-state index in [1.54, 1.807) is 24.3 Å². The lowest BCUT2D eigenvalue weighted by Crippen LogP contribution is -2.47. The highest BCUT2D eigenvalue weighted by Gasteiger charge is 2.28. The number of hydrogen-bond donors (Lipinski definition) is 3. The first-order chi connectivity index (χ1) is 16.3. The lowest BCUT2D eigenvalue weighted by Gasteiger charge is -2.34. The number of hydrogen-bond acceptors (Lipinski definition) is 7. The lowest BCUT2D eigenvalue weighted by atomic mass is 10.0. The molecule has 1 saturated heterocycles. The molecule has 0 unspecified atom stereocenters. The van der Waals surface area contributed by atoms with Gasteiger partial charge in [0.15, 0.2) is 0 Å². The molecule has 5 rings (SSSR count). The Hall–Kier alpha value is -3.76. The Balaban J connectivity index is 1.73. The molecule has 2 aliphatic heterocycles. The van der Waals surface area contributed by atoms with E-state index in [0.29, 0.717) is 23.3 Å². The zero-order valence-corrected chi connectivity index (χ0v) is 19.0. The SMILES string of the molecule is CN1CCN(C2=Nc3cc(F)ccc3Nc3sc4ccc(C(=CC(=O)O)C(=O)O)cc4c32)CC1. The number of benzene rings is 2. The third kappa shape index (κ3) is 4.02. The number of halogens is 1. The van der Waals surface area contributed by atoms with Crippen molar-refractivity contribution in [1.29, 1.82) is 0 Å². The second kappa shape index (κ2) is 8.54. The summed E-state index contributed by atoms with van der Waals surface area (Å²) >= 11 is 1.49. The number of likely N-dealkylation sites (N-methyl/N-ethyl adjacent to an activating group) is 1. The molecule has 2 aliphatic rings. The average Bonchev–Trinajstić information content (AvgIpc) is 3.06. The number of amidine groups is 1. The van der Waals surface area contributed by atoms with Crippen LogP contribution in [0.15, 0.2) is 47.5 Å². The fourth-order valence-electron chi connectivity index (χ4n) is 4.21. The summed E-state index contributed by atoms with van der Waals surface area (Å²) in [6, 6.07) is 9.51. The fraction of sp³-hybridized carbons (Fsp3) is 0.208. The van der Waals surface area contributed by atoms with Gasteiger partial charge in [-0.05, 0) is 36.9 Å². The van der Waals surface area contributed by atoms with E-state index in [4.69, 9.17) is 10.1 Å². The van der Waals surface area contributed by atoms with Gasteiger partial charge in [-0.2, -0.15) is 0 Å². The Bertz CT molecular complexity index is 1390. The Morgan fingerprint density at radius 3 is 2.59 bits per heavy atom. The molecule has 3 heterocycles. The van der Waals surface area contributed by atoms with E-state index in [1.807, 2.05) is 0 Å². The average molecular weight is 481 g/mol. The number of rotatable bonds is 3. The molecule has 34 heavy (non-hydrogen) atoms. The first-order valence-corrected chi connectivity index (χ1v) is 11.5. The minimum absolute atomic E-state index is 0.286. The molecule has 0 aliphatic carbocycles. The van der Waals surface area contributed by atoms with Gasteiger partial charge < -0.3 is 25.3 Å². The van der Waals surface area contributed by atoms with Crippen molar-refractivity contribution in [3.63, 3.8) is 0 Å². The van der Waals surface area contributed by atoms with Gasteiger partial charge in [0.1, 0.15) is 16.7 Å². The third-order valence-corrected chi connectivity index (χ3v) is 7.04. The number of nitrogens with one attached hydrogen (secondary N) is 1. The van der Waals surface area contributed by atoms with Crippen LogP contribution < -0.4 is 5.32 Å². The van der Waals surface area contributed by atoms with Crippen molar-refractivity contribution < 1.29 is 24.2 Å². The Morgan fingerprint density at radius 1 is 1.12 bits per heavy atom. The Morgan fingerprint density at radius 2 is 1.88 bits per heavy atom. The van der Waals surface area contributed by atoms with E-state index < -0.39 is 11.9 Å². The van der Waals surface area contributed by atoms with Crippen LogP contribution in [0.2, 0.25) is 0 Å². The van der Waals surface area contributed by atoms with Crippen molar-refractivity contribution in [3.05, 3.63) is 59.4 Å². The maximum atomic E-state index is 14.1. The molecule has 0 spiro atoms. The van der Waals surface area contributed by atoms with Crippen LogP contribution in [0.25, 0.3) is 15.7 Å². The van der Waals surface area contributed by atoms with Gasteiger partial charge in [-0.1, -0.05) is 6.07 Å². The summed E-state index contributed by atoms with van der Waals surface area (Å²) in [5, 5.41) is 23.7. The number of piperazine rings is 1. The molecule has 3 aromatic rings. The van der Waals surface area contributed by atoms with Gasteiger partial charge in [0.05, 0.1) is 22.5 Å². The summed E-state index contributed by atoms with van der Waals surface area (Å²) in [5.74, 6) is -2.36. The largest absolute Gasteiger partial charge is 0.478 e. The molecule has 1 fully saturated rings. The Labute approximate surface area is 198 Å². The predicted octanol–water partition coefficient (Wildman–Crippen LogP) is 3.98. The molecule has 3 N–H and O–H groups in total. The predicted molar refractivity (Wildman–Crippen MR) is 130 cm³/mol. The van der Waals surface area contributed by atoms with Gasteiger partial charge in [-0.15, -0.1) is 11.3 Å². The van der Waals surface area contributed by atoms with Crippen LogP contribution in [0.3, 0.4) is 0 Å². The molecule has 0 saturated carbocycles. The van der Waals surface area contributed by atoms with E-state index in [9.17, 15) is 19.1 Å². The zero-order valence-electron chi connectivity index (χ0n) is 18.2. The van der Waals surface area contributed by atoms with Crippen molar-refractivity contribution >= 4 is 61.1 Å². The molecular formula is C24H21FN4O4S. The normalized spacial score (nSPS) is 16.4. The standard InChI is InChI=1S/C24H21FN4O4S/c1-28-6-8-29(9-7-28)22-21-16-10-13(15(24(32)33)12-20(30)31)2-5-19(16)34-23(21)27-17-4-3-14(25)11-18(17)26-22/h2-5,10-12,27H,6-9H2,1H3,(H,30,31)(H,32,33). The third-order valence-electron chi connectivity index (χ3n) is 5.96. The summed E-state index contributed by atoms with van der Waals surface area (Å²) in [6.07, 6.45) is 0.695. The molecule has 0 amide bonds. The van der Waals surface area contributed by atoms with Crippen LogP contribution in [-0.2, 0) is 9.59 Å². The number of carboxylic acids is 2. The van der Waals surface area contributed by atoms with Gasteiger partial charge in [0.2, 0.25) is 0 Å². The molecule has 0 radical (unpaired) electrons. The first-order valence-electron chi connectivity index (χ1n) is 10.6. The second-order valence-electron chi connectivity index (χ2n) is 8.23. The number of carboxylic acid groups (broad SMARTS) is 2. The van der Waals surface area contributed by atoms with Crippen LogP contribution >= 0.6 is 11.3 Å². The highest BCUT2D eigenvalue weighted by atomic mass is 32.1. The fourth-order valence-corrected chi connectivity index (χ4v) is 5.30. The molecule has 8 nitrogen and oxygen atoms in total. The molecule has 10 heteroatoms. The van der Waals surface area contributed by atoms with Crippen LogP contribution in [-0.4, -0.2) is 71.0 Å². The van der Waals surface area contributed by atoms with E-state index in [2.05, 4.69) is 22.2 Å². The van der Waals surface area contributed by atoms with Gasteiger partial charge in [-0.25, -0.2) is 19.0 Å². The molecular weight excluding hydrogens is 459 g/mol. The van der Waals surface area contributed by atoms with Crippen LogP contribution in [0.5, 0.6) is 0 Å². The maximum Gasteiger partial charge on any atom is 0.336 e. The highest BCUT2D eigenvalue weighted by molar-refractivity contribution is 7.23. The summed E-state index contributed by atoms with van der Waals surface area (Å²) in [7, 11) is 2.05. The van der Waals surface area contributed by atoms with E-state index in [1.165, 1.54) is 23.5 Å². The van der Waals surface area contributed by atoms with Crippen molar-refractivity contribution in [1.82, 2.24) is 9.80 Å². The maximum absolute atomic E-state index is 14.1. The number of nitrogens with zero attached hydrogens (tertiary/aromatic N) is 3.